The quantitative estimate of drug-likeness (QED) is 0.916. The average Bonchev–Trinajstić information content (AvgIpc) is 3.30. The summed E-state index contributed by atoms with van der Waals surface area (Å²) >= 11 is 0. The van der Waals surface area contributed by atoms with Gasteiger partial charge in [0.25, 0.3) is 5.91 Å². The van der Waals surface area contributed by atoms with E-state index in [2.05, 4.69) is 11.4 Å². The van der Waals surface area contributed by atoms with Crippen molar-refractivity contribution in [1.29, 1.82) is 5.26 Å². The Morgan fingerprint density at radius 3 is 2.54 bits per heavy atom. The second kappa shape index (κ2) is 6.48. The zero-order chi connectivity index (χ0) is 17.3. The molecule has 0 unspecified atom stereocenters. The van der Waals surface area contributed by atoms with Gasteiger partial charge in [0.15, 0.2) is 0 Å². The van der Waals surface area contributed by atoms with Gasteiger partial charge in [0, 0.05) is 23.2 Å². The summed E-state index contributed by atoms with van der Waals surface area (Å²) in [5.41, 5.74) is 4.01. The van der Waals surface area contributed by atoms with E-state index in [9.17, 15) is 4.79 Å². The topological polar surface area (TPSA) is 70.7 Å². The van der Waals surface area contributed by atoms with Crippen molar-refractivity contribution in [2.24, 2.45) is 0 Å². The number of nitrogens with zero attached hydrogens (tertiary/aromatic N) is 3. The maximum atomic E-state index is 12.7. The Bertz CT molecular complexity index is 792. The van der Waals surface area contributed by atoms with Crippen molar-refractivity contribution in [2.45, 2.75) is 52.1 Å². The Morgan fingerprint density at radius 2 is 2.04 bits per heavy atom. The highest BCUT2D eigenvalue weighted by Crippen LogP contribution is 2.29. The highest BCUT2D eigenvalue weighted by Gasteiger charge is 2.29. The summed E-state index contributed by atoms with van der Waals surface area (Å²) in [7, 11) is 0. The van der Waals surface area contributed by atoms with Crippen LogP contribution in [0.3, 0.4) is 0 Å². The molecule has 0 spiro atoms. The van der Waals surface area contributed by atoms with Gasteiger partial charge in [0.2, 0.25) is 0 Å². The van der Waals surface area contributed by atoms with Crippen LogP contribution in [0.15, 0.2) is 24.3 Å². The molecule has 2 aromatic rings. The lowest BCUT2D eigenvalue weighted by atomic mass is 10.0. The first-order valence-corrected chi connectivity index (χ1v) is 8.48. The number of aromatic nitrogens is 2. The molecule has 5 heteroatoms. The van der Waals surface area contributed by atoms with E-state index >= 15 is 0 Å². The third kappa shape index (κ3) is 3.05. The molecular formula is C19H22N4O. The van der Waals surface area contributed by atoms with Gasteiger partial charge in [0.05, 0.1) is 17.3 Å². The monoisotopic (exact) mass is 322 g/mol. The molecule has 1 N–H and O–H groups in total. The van der Waals surface area contributed by atoms with E-state index < -0.39 is 0 Å². The molecule has 1 amide bonds. The Balaban J connectivity index is 2.08. The van der Waals surface area contributed by atoms with E-state index in [0.29, 0.717) is 17.3 Å². The highest BCUT2D eigenvalue weighted by molar-refractivity contribution is 5.96. The van der Waals surface area contributed by atoms with Crippen LogP contribution in [0.1, 0.15) is 61.3 Å². The zero-order valence-corrected chi connectivity index (χ0v) is 14.3. The molecule has 1 fully saturated rings. The lowest BCUT2D eigenvalue weighted by Crippen LogP contribution is -2.29. The molecule has 1 heterocycles. The predicted molar refractivity (Wildman–Crippen MR) is 92.6 cm³/mol. The molecule has 5 nitrogen and oxygen atoms in total. The Kier molecular flexibility index (Phi) is 4.39. The van der Waals surface area contributed by atoms with Gasteiger partial charge in [-0.1, -0.05) is 19.1 Å². The van der Waals surface area contributed by atoms with Gasteiger partial charge in [-0.3, -0.25) is 9.48 Å². The van der Waals surface area contributed by atoms with Gasteiger partial charge in [0.1, 0.15) is 5.69 Å². The summed E-state index contributed by atoms with van der Waals surface area (Å²) in [6, 6.07) is 9.90. The number of nitrogens with one attached hydrogen (secondary N) is 1. The largest absolute Gasteiger partial charge is 0.348 e. The summed E-state index contributed by atoms with van der Waals surface area (Å²) < 4.78 is 1.82. The third-order valence-corrected chi connectivity index (χ3v) is 4.27. The molecule has 124 valence electrons. The first-order chi connectivity index (χ1) is 11.5. The van der Waals surface area contributed by atoms with E-state index in [1.807, 2.05) is 37.6 Å². The average molecular weight is 322 g/mol. The van der Waals surface area contributed by atoms with E-state index in [4.69, 9.17) is 10.4 Å². The van der Waals surface area contributed by atoms with Gasteiger partial charge in [-0.25, -0.2) is 0 Å². The second-order valence-electron chi connectivity index (χ2n) is 6.50. The number of carbonyl (C=O) groups is 1. The molecule has 1 aliphatic carbocycles. The lowest BCUT2D eigenvalue weighted by molar-refractivity contribution is 0.0937. The molecule has 0 atom stereocenters. The molecule has 1 aromatic heterocycles. The van der Waals surface area contributed by atoms with Crippen LogP contribution >= 0.6 is 0 Å². The number of benzene rings is 1. The van der Waals surface area contributed by atoms with Crippen molar-refractivity contribution in [3.63, 3.8) is 0 Å². The van der Waals surface area contributed by atoms with Gasteiger partial charge in [-0.15, -0.1) is 0 Å². The molecule has 1 saturated carbocycles. The maximum absolute atomic E-state index is 12.7. The normalized spacial score (nSPS) is 13.8. The van der Waals surface area contributed by atoms with Crippen LogP contribution < -0.4 is 5.32 Å². The van der Waals surface area contributed by atoms with E-state index in [1.54, 1.807) is 12.1 Å². The number of hydrogen-bond donors (Lipinski definition) is 1. The highest BCUT2D eigenvalue weighted by atomic mass is 16.2. The number of carbonyl (C=O) groups excluding carboxylic acids is 1. The van der Waals surface area contributed by atoms with Gasteiger partial charge < -0.3 is 5.32 Å². The minimum absolute atomic E-state index is 0.0320. The molecule has 1 aliphatic rings. The molecule has 3 rings (SSSR count). The fourth-order valence-electron chi connectivity index (χ4n) is 2.83. The summed E-state index contributed by atoms with van der Waals surface area (Å²) in [5.74, 6) is -0.0320. The number of hydrogen-bond acceptors (Lipinski definition) is 3. The predicted octanol–water partition coefficient (Wildman–Crippen LogP) is 3.46. The second-order valence-corrected chi connectivity index (χ2v) is 6.50. The first-order valence-electron chi connectivity index (χ1n) is 8.48. The van der Waals surface area contributed by atoms with Crippen LogP contribution in [-0.2, 0) is 6.42 Å². The maximum Gasteiger partial charge on any atom is 0.270 e. The molecule has 24 heavy (non-hydrogen) atoms. The minimum Gasteiger partial charge on any atom is -0.348 e. The van der Waals surface area contributed by atoms with Gasteiger partial charge >= 0.3 is 0 Å². The minimum atomic E-state index is -0.0320. The SMILES string of the molecule is CCc1c(-c2ccc(C#N)cc2)nn(C(C)C)c1C(=O)NC1CC1. The lowest BCUT2D eigenvalue weighted by Gasteiger charge is -2.12. The number of rotatable bonds is 5. The van der Waals surface area contributed by atoms with Gasteiger partial charge in [-0.05, 0) is 45.2 Å². The van der Waals surface area contributed by atoms with Crippen molar-refractivity contribution in [3.05, 3.63) is 41.1 Å². The van der Waals surface area contributed by atoms with Crippen molar-refractivity contribution in [3.8, 4) is 17.3 Å². The zero-order valence-electron chi connectivity index (χ0n) is 14.3. The summed E-state index contributed by atoms with van der Waals surface area (Å²) in [4.78, 5) is 12.7. The van der Waals surface area contributed by atoms with Crippen molar-refractivity contribution < 1.29 is 4.79 Å². The number of amides is 1. The fourth-order valence-corrected chi connectivity index (χ4v) is 2.83. The van der Waals surface area contributed by atoms with Gasteiger partial charge in [-0.2, -0.15) is 10.4 Å². The van der Waals surface area contributed by atoms with Crippen LogP contribution in [0, 0.1) is 11.3 Å². The van der Waals surface area contributed by atoms with E-state index in [-0.39, 0.29) is 11.9 Å². The molecule has 1 aromatic carbocycles. The molecule has 0 bridgehead atoms. The Morgan fingerprint density at radius 1 is 1.38 bits per heavy atom. The standard InChI is InChI=1S/C19H22N4O/c1-4-16-17(14-7-5-13(11-20)6-8-14)22-23(12(2)3)18(16)19(24)21-15-9-10-15/h5-8,12,15H,4,9-10H2,1-3H3,(H,21,24). The van der Waals surface area contributed by atoms with E-state index in [1.165, 1.54) is 0 Å². The summed E-state index contributed by atoms with van der Waals surface area (Å²) in [6.45, 7) is 6.11. The first kappa shape index (κ1) is 16.3. The van der Waals surface area contributed by atoms with Crippen LogP contribution in [0.25, 0.3) is 11.3 Å². The van der Waals surface area contributed by atoms with Crippen LogP contribution in [0.5, 0.6) is 0 Å². The Hall–Kier alpha value is -2.61. The summed E-state index contributed by atoms with van der Waals surface area (Å²) in [6.07, 6.45) is 2.85. The third-order valence-electron chi connectivity index (χ3n) is 4.27. The Labute approximate surface area is 142 Å². The molecule has 0 radical (unpaired) electrons. The molecular weight excluding hydrogens is 300 g/mol. The summed E-state index contributed by atoms with van der Waals surface area (Å²) in [5, 5.41) is 16.8. The fraction of sp³-hybridized carbons (Fsp3) is 0.421. The van der Waals surface area contributed by atoms with E-state index in [0.717, 1.165) is 36.1 Å². The molecule has 0 saturated heterocycles. The molecule has 0 aliphatic heterocycles. The smallest absolute Gasteiger partial charge is 0.270 e. The van der Waals surface area contributed by atoms with Crippen molar-refractivity contribution in [1.82, 2.24) is 15.1 Å². The number of nitriles is 1. The van der Waals surface area contributed by atoms with Crippen molar-refractivity contribution in [2.75, 3.05) is 0 Å². The van der Waals surface area contributed by atoms with Crippen LogP contribution in [0.2, 0.25) is 0 Å². The van der Waals surface area contributed by atoms with Crippen LogP contribution in [-0.4, -0.2) is 21.7 Å². The van der Waals surface area contributed by atoms with Crippen molar-refractivity contribution >= 4 is 5.91 Å². The van der Waals surface area contributed by atoms with Crippen LogP contribution in [0.4, 0.5) is 0 Å².